The summed E-state index contributed by atoms with van der Waals surface area (Å²) in [5.41, 5.74) is 5.26. The molecule has 1 aliphatic heterocycles. The van der Waals surface area contributed by atoms with Crippen molar-refractivity contribution in [3.8, 4) is 0 Å². The molecule has 20 heavy (non-hydrogen) atoms. The first-order valence-corrected chi connectivity index (χ1v) is 7.52. The fraction of sp³-hybridized carbons (Fsp3) is 0.562. The number of carbonyl (C=O) groups is 1. The van der Waals surface area contributed by atoms with E-state index in [0.717, 1.165) is 48.7 Å². The number of benzene rings is 1. The van der Waals surface area contributed by atoms with Crippen LogP contribution in [0.25, 0.3) is 0 Å². The van der Waals surface area contributed by atoms with Gasteiger partial charge in [0.1, 0.15) is 0 Å². The molecule has 0 spiro atoms. The van der Waals surface area contributed by atoms with Gasteiger partial charge in [0.25, 0.3) is 5.91 Å². The Hall–Kier alpha value is -1.55. The number of nitrogens with zero attached hydrogens (tertiary/aromatic N) is 1. The van der Waals surface area contributed by atoms with Gasteiger partial charge in [-0.3, -0.25) is 10.6 Å². The van der Waals surface area contributed by atoms with Crippen LogP contribution in [0.5, 0.6) is 0 Å². The molecule has 1 aliphatic rings. The van der Waals surface area contributed by atoms with E-state index in [2.05, 4.69) is 12.3 Å². The number of anilines is 1. The van der Waals surface area contributed by atoms with Gasteiger partial charge in [0, 0.05) is 18.7 Å². The molecule has 1 heterocycles. The number of hydrazine groups is 1. The number of rotatable bonds is 3. The van der Waals surface area contributed by atoms with Gasteiger partial charge in [0.2, 0.25) is 0 Å². The van der Waals surface area contributed by atoms with Crippen molar-refractivity contribution in [2.45, 2.75) is 39.5 Å². The highest BCUT2D eigenvalue weighted by molar-refractivity contribution is 5.95. The van der Waals surface area contributed by atoms with Crippen molar-refractivity contribution in [2.24, 2.45) is 11.8 Å². The molecule has 4 nitrogen and oxygen atoms in total. The van der Waals surface area contributed by atoms with E-state index in [-0.39, 0.29) is 5.91 Å². The zero-order valence-electron chi connectivity index (χ0n) is 12.5. The minimum Gasteiger partial charge on any atom is -0.339 e. The van der Waals surface area contributed by atoms with Crippen LogP contribution in [0.1, 0.15) is 48.5 Å². The van der Waals surface area contributed by atoms with Gasteiger partial charge < -0.3 is 10.3 Å². The summed E-state index contributed by atoms with van der Waals surface area (Å²) in [5.74, 6) is 6.35. The zero-order valence-corrected chi connectivity index (χ0v) is 12.5. The quantitative estimate of drug-likeness (QED) is 0.658. The molecule has 1 fully saturated rings. The lowest BCUT2D eigenvalue weighted by Crippen LogP contribution is -2.32. The fourth-order valence-corrected chi connectivity index (χ4v) is 2.92. The number of carbonyl (C=O) groups excluding carboxylic acids is 1. The van der Waals surface area contributed by atoms with Gasteiger partial charge in [-0.2, -0.15) is 0 Å². The molecule has 0 radical (unpaired) electrons. The molecule has 110 valence electrons. The second-order valence-corrected chi connectivity index (χ2v) is 5.67. The molecular formula is C16H25N3O. The summed E-state index contributed by atoms with van der Waals surface area (Å²) in [6.45, 7) is 5.96. The predicted molar refractivity (Wildman–Crippen MR) is 82.5 cm³/mol. The predicted octanol–water partition coefficient (Wildman–Crippen LogP) is 2.93. The summed E-state index contributed by atoms with van der Waals surface area (Å²) in [6.07, 6.45) is 4.71. The molecule has 0 saturated carbocycles. The van der Waals surface area contributed by atoms with Crippen molar-refractivity contribution in [1.29, 1.82) is 0 Å². The molecule has 1 aromatic rings. The summed E-state index contributed by atoms with van der Waals surface area (Å²) >= 11 is 0. The van der Waals surface area contributed by atoms with Crippen molar-refractivity contribution < 1.29 is 4.79 Å². The molecule has 1 atom stereocenters. The van der Waals surface area contributed by atoms with E-state index in [1.54, 1.807) is 0 Å². The molecule has 0 aromatic heterocycles. The Morgan fingerprint density at radius 3 is 2.85 bits per heavy atom. The Morgan fingerprint density at radius 2 is 2.20 bits per heavy atom. The normalized spacial score (nSPS) is 19.6. The Kier molecular flexibility index (Phi) is 5.01. The second-order valence-electron chi connectivity index (χ2n) is 5.67. The van der Waals surface area contributed by atoms with Gasteiger partial charge in [0.15, 0.2) is 0 Å². The third-order valence-corrected chi connectivity index (χ3v) is 4.34. The number of aryl methyl sites for hydroxylation is 1. The topological polar surface area (TPSA) is 58.4 Å². The van der Waals surface area contributed by atoms with E-state index >= 15 is 0 Å². The van der Waals surface area contributed by atoms with E-state index in [4.69, 9.17) is 5.84 Å². The first-order chi connectivity index (χ1) is 9.65. The number of nitrogens with two attached hydrogens (primary N) is 1. The van der Waals surface area contributed by atoms with E-state index in [1.165, 1.54) is 12.8 Å². The van der Waals surface area contributed by atoms with Gasteiger partial charge in [0.05, 0.1) is 5.69 Å². The first kappa shape index (κ1) is 14.9. The van der Waals surface area contributed by atoms with Crippen LogP contribution >= 0.6 is 0 Å². The van der Waals surface area contributed by atoms with Crippen LogP contribution in [0.15, 0.2) is 18.2 Å². The lowest BCUT2D eigenvalue weighted by molar-refractivity contribution is 0.0760. The van der Waals surface area contributed by atoms with Crippen LogP contribution in [-0.4, -0.2) is 23.9 Å². The maximum Gasteiger partial charge on any atom is 0.253 e. The van der Waals surface area contributed by atoms with E-state index in [9.17, 15) is 4.79 Å². The van der Waals surface area contributed by atoms with Crippen LogP contribution in [0.4, 0.5) is 5.69 Å². The number of hydrogen-bond donors (Lipinski definition) is 2. The number of nitrogen functional groups attached to an aromatic ring is 1. The van der Waals surface area contributed by atoms with Crippen LogP contribution in [0.2, 0.25) is 0 Å². The Morgan fingerprint density at radius 1 is 1.40 bits per heavy atom. The highest BCUT2D eigenvalue weighted by atomic mass is 16.2. The van der Waals surface area contributed by atoms with Crippen LogP contribution in [-0.2, 0) is 0 Å². The molecule has 0 bridgehead atoms. The molecule has 0 aliphatic carbocycles. The van der Waals surface area contributed by atoms with Gasteiger partial charge in [-0.05, 0) is 55.9 Å². The number of likely N-dealkylation sites (tertiary alicyclic amines) is 1. The monoisotopic (exact) mass is 275 g/mol. The number of nitrogens with one attached hydrogen (secondary N) is 1. The minimum absolute atomic E-state index is 0.147. The highest BCUT2D eigenvalue weighted by Gasteiger charge is 2.21. The minimum atomic E-state index is 0.147. The van der Waals surface area contributed by atoms with E-state index < -0.39 is 0 Å². The summed E-state index contributed by atoms with van der Waals surface area (Å²) in [6, 6.07) is 5.64. The largest absolute Gasteiger partial charge is 0.339 e. The van der Waals surface area contributed by atoms with Gasteiger partial charge in [-0.25, -0.2) is 0 Å². The maximum absolute atomic E-state index is 12.6. The van der Waals surface area contributed by atoms with Crippen LogP contribution < -0.4 is 11.3 Å². The van der Waals surface area contributed by atoms with Crippen molar-refractivity contribution in [2.75, 3.05) is 18.5 Å². The zero-order chi connectivity index (χ0) is 14.5. The Labute approximate surface area is 121 Å². The second kappa shape index (κ2) is 6.75. The molecule has 2 rings (SSSR count). The van der Waals surface area contributed by atoms with Crippen molar-refractivity contribution >= 4 is 11.6 Å². The maximum atomic E-state index is 12.6. The SMILES string of the molecule is CCC1CCCN(C(=O)c2ccc(NN)c(C)c2)CC1. The van der Waals surface area contributed by atoms with Crippen molar-refractivity contribution in [1.82, 2.24) is 4.90 Å². The first-order valence-electron chi connectivity index (χ1n) is 7.52. The van der Waals surface area contributed by atoms with E-state index in [0.29, 0.717) is 0 Å². The van der Waals surface area contributed by atoms with Crippen LogP contribution in [0.3, 0.4) is 0 Å². The number of hydrogen-bond acceptors (Lipinski definition) is 3. The molecule has 1 saturated heterocycles. The average molecular weight is 275 g/mol. The van der Waals surface area contributed by atoms with Crippen molar-refractivity contribution in [3.63, 3.8) is 0 Å². The molecular weight excluding hydrogens is 250 g/mol. The van der Waals surface area contributed by atoms with Crippen LogP contribution in [0, 0.1) is 12.8 Å². The van der Waals surface area contributed by atoms with E-state index in [1.807, 2.05) is 30.0 Å². The average Bonchev–Trinajstić information content (AvgIpc) is 2.71. The summed E-state index contributed by atoms with van der Waals surface area (Å²) in [4.78, 5) is 14.6. The van der Waals surface area contributed by atoms with Gasteiger partial charge in [-0.15, -0.1) is 0 Å². The summed E-state index contributed by atoms with van der Waals surface area (Å²) in [5, 5.41) is 0. The number of amides is 1. The summed E-state index contributed by atoms with van der Waals surface area (Å²) in [7, 11) is 0. The molecule has 1 aromatic carbocycles. The van der Waals surface area contributed by atoms with Gasteiger partial charge >= 0.3 is 0 Å². The third kappa shape index (κ3) is 3.31. The third-order valence-electron chi connectivity index (χ3n) is 4.34. The highest BCUT2D eigenvalue weighted by Crippen LogP contribution is 2.22. The molecule has 1 amide bonds. The Bertz CT molecular complexity index is 473. The molecule has 3 N–H and O–H groups in total. The van der Waals surface area contributed by atoms with Gasteiger partial charge in [-0.1, -0.05) is 13.3 Å². The van der Waals surface area contributed by atoms with Crippen molar-refractivity contribution in [3.05, 3.63) is 29.3 Å². The lowest BCUT2D eigenvalue weighted by atomic mass is 9.98. The summed E-state index contributed by atoms with van der Waals surface area (Å²) < 4.78 is 0. The fourth-order valence-electron chi connectivity index (χ4n) is 2.92. The molecule has 4 heteroatoms. The Balaban J connectivity index is 2.08. The standard InChI is InChI=1S/C16H25N3O/c1-3-13-5-4-9-19(10-8-13)16(20)14-6-7-15(18-17)12(2)11-14/h6-7,11,13,18H,3-5,8-10,17H2,1-2H3. The lowest BCUT2D eigenvalue weighted by Gasteiger charge is -2.21. The smallest absolute Gasteiger partial charge is 0.253 e. The molecule has 1 unspecified atom stereocenters.